The summed E-state index contributed by atoms with van der Waals surface area (Å²) in [6.07, 6.45) is 2.00. The smallest absolute Gasteiger partial charge is 0.261 e. The van der Waals surface area contributed by atoms with Crippen molar-refractivity contribution in [2.45, 2.75) is 52.7 Å². The molecule has 1 N–H and O–H groups in total. The predicted octanol–water partition coefficient (Wildman–Crippen LogP) is 4.94. The first-order valence-electron chi connectivity index (χ1n) is 8.87. The van der Waals surface area contributed by atoms with Crippen LogP contribution < -0.4 is 10.1 Å². The summed E-state index contributed by atoms with van der Waals surface area (Å²) in [5, 5.41) is 3.61. The molecule has 0 radical (unpaired) electrons. The minimum absolute atomic E-state index is 0.105. The van der Waals surface area contributed by atoms with Gasteiger partial charge in [-0.2, -0.15) is 0 Å². The first kappa shape index (κ1) is 19.3. The molecule has 2 rings (SSSR count). The number of amides is 1. The van der Waals surface area contributed by atoms with Crippen LogP contribution in [-0.2, 0) is 24.2 Å². The van der Waals surface area contributed by atoms with Gasteiger partial charge in [0, 0.05) is 11.6 Å². The molecule has 0 aliphatic heterocycles. The number of rotatable bonds is 8. The standard InChI is InChI=1S/C21H26ClNO2/c1-4-15-10-11-16(5-2)17(12-15)14-23-21(24)20(6-3)25-19-9-7-8-18(22)13-19/h7-13,20H,4-6,14H2,1-3H3,(H,23,24)/t20-/m1/s1. The van der Waals surface area contributed by atoms with E-state index >= 15 is 0 Å². The third kappa shape index (κ3) is 5.50. The lowest BCUT2D eigenvalue weighted by Crippen LogP contribution is -2.37. The average Bonchev–Trinajstić information content (AvgIpc) is 2.63. The zero-order valence-corrected chi connectivity index (χ0v) is 15.9. The van der Waals surface area contributed by atoms with Gasteiger partial charge in [-0.05, 0) is 54.2 Å². The number of benzene rings is 2. The van der Waals surface area contributed by atoms with Gasteiger partial charge in [-0.15, -0.1) is 0 Å². The molecule has 0 aromatic heterocycles. The largest absolute Gasteiger partial charge is 0.481 e. The Morgan fingerprint density at radius 2 is 1.88 bits per heavy atom. The molecule has 0 aliphatic carbocycles. The highest BCUT2D eigenvalue weighted by molar-refractivity contribution is 6.30. The molecule has 0 heterocycles. The number of halogens is 1. The topological polar surface area (TPSA) is 38.3 Å². The van der Waals surface area contributed by atoms with Crippen molar-refractivity contribution >= 4 is 17.5 Å². The van der Waals surface area contributed by atoms with Crippen LogP contribution in [0.5, 0.6) is 5.75 Å². The van der Waals surface area contributed by atoms with Crippen LogP contribution in [0, 0.1) is 0 Å². The highest BCUT2D eigenvalue weighted by Gasteiger charge is 2.18. The summed E-state index contributed by atoms with van der Waals surface area (Å²) in [6, 6.07) is 13.6. The molecule has 0 saturated heterocycles. The summed E-state index contributed by atoms with van der Waals surface area (Å²) >= 11 is 5.97. The maximum atomic E-state index is 12.5. The summed E-state index contributed by atoms with van der Waals surface area (Å²) in [6.45, 7) is 6.72. The number of aryl methyl sites for hydroxylation is 2. The second kappa shape index (κ2) is 9.47. The van der Waals surface area contributed by atoms with Crippen molar-refractivity contribution < 1.29 is 9.53 Å². The van der Waals surface area contributed by atoms with Gasteiger partial charge in [0.05, 0.1) is 0 Å². The van der Waals surface area contributed by atoms with Crippen LogP contribution in [0.3, 0.4) is 0 Å². The van der Waals surface area contributed by atoms with Crippen LogP contribution >= 0.6 is 11.6 Å². The first-order valence-corrected chi connectivity index (χ1v) is 9.25. The van der Waals surface area contributed by atoms with Crippen molar-refractivity contribution in [3.05, 3.63) is 64.2 Å². The zero-order valence-electron chi connectivity index (χ0n) is 15.1. The number of hydrogen-bond acceptors (Lipinski definition) is 2. The van der Waals surface area contributed by atoms with Crippen LogP contribution in [0.1, 0.15) is 43.9 Å². The Labute approximate surface area is 155 Å². The van der Waals surface area contributed by atoms with E-state index in [9.17, 15) is 4.79 Å². The number of ether oxygens (including phenoxy) is 1. The highest BCUT2D eigenvalue weighted by Crippen LogP contribution is 2.19. The third-order valence-corrected chi connectivity index (χ3v) is 4.49. The summed E-state index contributed by atoms with van der Waals surface area (Å²) in [7, 11) is 0. The molecule has 3 nitrogen and oxygen atoms in total. The minimum atomic E-state index is -0.530. The van der Waals surface area contributed by atoms with E-state index in [2.05, 4.69) is 37.4 Å². The average molecular weight is 360 g/mol. The number of carbonyl (C=O) groups is 1. The Balaban J connectivity index is 2.02. The fraction of sp³-hybridized carbons (Fsp3) is 0.381. The number of carbonyl (C=O) groups excluding carboxylic acids is 1. The van der Waals surface area contributed by atoms with Gasteiger partial charge in [-0.25, -0.2) is 0 Å². The second-order valence-electron chi connectivity index (χ2n) is 6.00. The van der Waals surface area contributed by atoms with Crippen molar-refractivity contribution in [2.24, 2.45) is 0 Å². The fourth-order valence-electron chi connectivity index (χ4n) is 2.73. The molecule has 0 spiro atoms. The van der Waals surface area contributed by atoms with Gasteiger partial charge in [0.15, 0.2) is 6.10 Å². The van der Waals surface area contributed by atoms with E-state index in [1.807, 2.05) is 19.1 Å². The Kier molecular flexibility index (Phi) is 7.32. The zero-order chi connectivity index (χ0) is 18.2. The maximum absolute atomic E-state index is 12.5. The lowest BCUT2D eigenvalue weighted by molar-refractivity contribution is -0.128. The van der Waals surface area contributed by atoms with Crippen molar-refractivity contribution in [1.29, 1.82) is 0 Å². The van der Waals surface area contributed by atoms with E-state index in [1.54, 1.807) is 12.1 Å². The van der Waals surface area contributed by atoms with Crippen LogP contribution in [0.25, 0.3) is 0 Å². The summed E-state index contributed by atoms with van der Waals surface area (Å²) in [5.41, 5.74) is 3.72. The van der Waals surface area contributed by atoms with Gasteiger partial charge >= 0.3 is 0 Å². The Hall–Kier alpha value is -2.00. The van der Waals surface area contributed by atoms with Gasteiger partial charge < -0.3 is 10.1 Å². The molecule has 2 aromatic rings. The Morgan fingerprint density at radius 1 is 1.08 bits per heavy atom. The Bertz CT molecular complexity index is 715. The van der Waals surface area contributed by atoms with Crippen molar-refractivity contribution in [1.82, 2.24) is 5.32 Å². The van der Waals surface area contributed by atoms with Crippen LogP contribution in [-0.4, -0.2) is 12.0 Å². The maximum Gasteiger partial charge on any atom is 0.261 e. The molecular formula is C21H26ClNO2. The summed E-state index contributed by atoms with van der Waals surface area (Å²) < 4.78 is 5.80. The lowest BCUT2D eigenvalue weighted by Gasteiger charge is -2.18. The fourth-order valence-corrected chi connectivity index (χ4v) is 2.91. The number of nitrogens with one attached hydrogen (secondary N) is 1. The molecule has 4 heteroatoms. The third-order valence-electron chi connectivity index (χ3n) is 4.25. The van der Waals surface area contributed by atoms with Crippen LogP contribution in [0.15, 0.2) is 42.5 Å². The van der Waals surface area contributed by atoms with Gasteiger partial charge in [-0.3, -0.25) is 4.79 Å². The van der Waals surface area contributed by atoms with Crippen LogP contribution in [0.2, 0.25) is 5.02 Å². The highest BCUT2D eigenvalue weighted by atomic mass is 35.5. The molecule has 25 heavy (non-hydrogen) atoms. The molecule has 2 aromatic carbocycles. The normalized spacial score (nSPS) is 11.8. The van der Waals surface area contributed by atoms with E-state index in [-0.39, 0.29) is 5.91 Å². The predicted molar refractivity (Wildman–Crippen MR) is 103 cm³/mol. The molecule has 1 atom stereocenters. The van der Waals surface area contributed by atoms with E-state index in [0.29, 0.717) is 23.7 Å². The first-order chi connectivity index (χ1) is 12.1. The van der Waals surface area contributed by atoms with E-state index < -0.39 is 6.10 Å². The Morgan fingerprint density at radius 3 is 2.52 bits per heavy atom. The van der Waals surface area contributed by atoms with E-state index in [0.717, 1.165) is 12.8 Å². The molecule has 134 valence electrons. The molecule has 1 amide bonds. The molecule has 0 saturated carbocycles. The monoisotopic (exact) mass is 359 g/mol. The SMILES string of the molecule is CCc1ccc(CC)c(CNC(=O)[C@@H](CC)Oc2cccc(Cl)c2)c1. The van der Waals surface area contributed by atoms with Gasteiger partial charge in [0.25, 0.3) is 5.91 Å². The second-order valence-corrected chi connectivity index (χ2v) is 6.44. The van der Waals surface area contributed by atoms with E-state index in [4.69, 9.17) is 16.3 Å². The minimum Gasteiger partial charge on any atom is -0.481 e. The summed E-state index contributed by atoms with van der Waals surface area (Å²) in [4.78, 5) is 12.5. The van der Waals surface area contributed by atoms with Crippen molar-refractivity contribution in [2.75, 3.05) is 0 Å². The van der Waals surface area contributed by atoms with Gasteiger partial charge in [0.2, 0.25) is 0 Å². The van der Waals surface area contributed by atoms with E-state index in [1.165, 1.54) is 16.7 Å². The molecule has 0 unspecified atom stereocenters. The van der Waals surface area contributed by atoms with Gasteiger partial charge in [-0.1, -0.05) is 56.6 Å². The van der Waals surface area contributed by atoms with Crippen LogP contribution in [0.4, 0.5) is 0 Å². The van der Waals surface area contributed by atoms with Gasteiger partial charge in [0.1, 0.15) is 5.75 Å². The lowest BCUT2D eigenvalue weighted by atomic mass is 10.0. The molecule has 0 fully saturated rings. The molecule has 0 bridgehead atoms. The summed E-state index contributed by atoms with van der Waals surface area (Å²) in [5.74, 6) is 0.503. The molecular weight excluding hydrogens is 334 g/mol. The number of hydrogen-bond donors (Lipinski definition) is 1. The molecule has 0 aliphatic rings. The van der Waals surface area contributed by atoms with Crippen molar-refractivity contribution in [3.8, 4) is 5.75 Å². The van der Waals surface area contributed by atoms with Crippen molar-refractivity contribution in [3.63, 3.8) is 0 Å². The quantitative estimate of drug-likeness (QED) is 0.725.